The third-order valence-electron chi connectivity index (χ3n) is 3.57. The van der Waals surface area contributed by atoms with Gasteiger partial charge in [-0.3, -0.25) is 4.79 Å². The van der Waals surface area contributed by atoms with E-state index in [9.17, 15) is 4.79 Å². The number of carbonyl (C=O) groups is 1. The van der Waals surface area contributed by atoms with E-state index in [1.165, 1.54) is 7.11 Å². The number of nitrogen functional groups attached to an aromatic ring is 1. The summed E-state index contributed by atoms with van der Waals surface area (Å²) < 4.78 is 4.79. The number of carbonyl (C=O) groups excluding carboxylic acids is 1. The van der Waals surface area contributed by atoms with Crippen LogP contribution < -0.4 is 11.1 Å². The molecule has 2 aromatic carbocycles. The third-order valence-corrected chi connectivity index (χ3v) is 3.57. The Bertz CT molecular complexity index is 706. The lowest BCUT2D eigenvalue weighted by atomic mass is 10.0. The van der Waals surface area contributed by atoms with Crippen LogP contribution in [0.15, 0.2) is 72.9 Å². The van der Waals surface area contributed by atoms with Gasteiger partial charge in [-0.2, -0.15) is 0 Å². The molecule has 0 spiro atoms. The van der Waals surface area contributed by atoms with Gasteiger partial charge in [0, 0.05) is 11.4 Å². The Balaban J connectivity index is 2.06. The van der Waals surface area contributed by atoms with Gasteiger partial charge in [0.1, 0.15) is 0 Å². The molecule has 0 heterocycles. The molecule has 24 heavy (non-hydrogen) atoms. The highest BCUT2D eigenvalue weighted by Crippen LogP contribution is 2.19. The molecule has 0 aromatic heterocycles. The Labute approximate surface area is 142 Å². The summed E-state index contributed by atoms with van der Waals surface area (Å²) in [6.07, 6.45) is 4.04. The quantitative estimate of drug-likeness (QED) is 0.463. The highest BCUT2D eigenvalue weighted by atomic mass is 16.5. The highest BCUT2D eigenvalue weighted by Gasteiger charge is 2.16. The van der Waals surface area contributed by atoms with Gasteiger partial charge in [0.05, 0.1) is 19.6 Å². The number of allylic oxidation sites excluding steroid dienone is 1. The second-order valence-electron chi connectivity index (χ2n) is 5.41. The van der Waals surface area contributed by atoms with E-state index in [-0.39, 0.29) is 18.4 Å². The highest BCUT2D eigenvalue weighted by molar-refractivity contribution is 5.70. The number of nitrogens with two attached hydrogens (primary N) is 1. The predicted octanol–water partition coefficient (Wildman–Crippen LogP) is 3.69. The van der Waals surface area contributed by atoms with E-state index >= 15 is 0 Å². The Morgan fingerprint density at radius 1 is 1.21 bits per heavy atom. The monoisotopic (exact) mass is 322 g/mol. The first-order valence-corrected chi connectivity index (χ1v) is 7.69. The molecule has 0 bridgehead atoms. The van der Waals surface area contributed by atoms with E-state index in [0.29, 0.717) is 5.70 Å². The van der Waals surface area contributed by atoms with Gasteiger partial charge in [0.2, 0.25) is 0 Å². The molecule has 0 amide bonds. The second kappa shape index (κ2) is 8.58. The van der Waals surface area contributed by atoms with Gasteiger partial charge in [0.25, 0.3) is 0 Å². The molecule has 0 aliphatic heterocycles. The average Bonchev–Trinajstić information content (AvgIpc) is 2.61. The van der Waals surface area contributed by atoms with Crippen LogP contribution in [0, 0.1) is 0 Å². The van der Waals surface area contributed by atoms with Crippen molar-refractivity contribution in [2.24, 2.45) is 0 Å². The molecule has 3 N–H and O–H groups in total. The van der Waals surface area contributed by atoms with Crippen molar-refractivity contribution in [2.75, 3.05) is 12.8 Å². The number of anilines is 1. The Morgan fingerprint density at radius 3 is 2.50 bits per heavy atom. The van der Waals surface area contributed by atoms with E-state index < -0.39 is 0 Å². The lowest BCUT2D eigenvalue weighted by Gasteiger charge is -2.19. The van der Waals surface area contributed by atoms with Crippen LogP contribution in [0.3, 0.4) is 0 Å². The molecule has 0 saturated heterocycles. The van der Waals surface area contributed by atoms with Crippen molar-refractivity contribution in [2.45, 2.75) is 12.5 Å². The molecule has 0 radical (unpaired) electrons. The normalized spacial score (nSPS) is 11.9. The summed E-state index contributed by atoms with van der Waals surface area (Å²) in [6.45, 7) is 4.01. The fourth-order valence-corrected chi connectivity index (χ4v) is 2.26. The zero-order chi connectivity index (χ0) is 17.4. The standard InChI is InChI=1S/C20H22N2O2/c1-15(8-9-16-10-12-18(21)13-11-16)22-19(14-20(23)24-2)17-6-4-3-5-7-17/h3-13,19,22H,1,14,21H2,2H3/b9-8+/t19-/m0/s1. The Kier molecular flexibility index (Phi) is 6.20. The Hall–Kier alpha value is -3.01. The van der Waals surface area contributed by atoms with Crippen molar-refractivity contribution in [1.29, 1.82) is 0 Å². The molecule has 4 heteroatoms. The molecule has 0 fully saturated rings. The van der Waals surface area contributed by atoms with E-state index in [0.717, 1.165) is 16.8 Å². The molecule has 0 aliphatic rings. The molecule has 124 valence electrons. The topological polar surface area (TPSA) is 64.3 Å². The summed E-state index contributed by atoms with van der Waals surface area (Å²) in [5, 5.41) is 3.27. The zero-order valence-electron chi connectivity index (χ0n) is 13.7. The van der Waals surface area contributed by atoms with E-state index in [2.05, 4.69) is 11.9 Å². The van der Waals surface area contributed by atoms with Gasteiger partial charge in [-0.1, -0.05) is 55.1 Å². The number of nitrogens with one attached hydrogen (secondary N) is 1. The van der Waals surface area contributed by atoms with Gasteiger partial charge in [-0.05, 0) is 29.3 Å². The summed E-state index contributed by atoms with van der Waals surface area (Å²) in [4.78, 5) is 11.7. The van der Waals surface area contributed by atoms with Gasteiger partial charge in [-0.15, -0.1) is 0 Å². The molecular weight excluding hydrogens is 300 g/mol. The maximum Gasteiger partial charge on any atom is 0.307 e. The first-order valence-electron chi connectivity index (χ1n) is 7.69. The van der Waals surface area contributed by atoms with Gasteiger partial charge in [-0.25, -0.2) is 0 Å². The first kappa shape index (κ1) is 17.3. The van der Waals surface area contributed by atoms with Gasteiger partial charge >= 0.3 is 5.97 Å². The molecule has 0 unspecified atom stereocenters. The minimum atomic E-state index is -0.272. The summed E-state index contributed by atoms with van der Waals surface area (Å²) >= 11 is 0. The van der Waals surface area contributed by atoms with Crippen LogP contribution in [-0.2, 0) is 9.53 Å². The molecule has 2 aromatic rings. The lowest BCUT2D eigenvalue weighted by Crippen LogP contribution is -2.23. The number of benzene rings is 2. The minimum absolute atomic E-state index is 0.192. The minimum Gasteiger partial charge on any atom is -0.469 e. The summed E-state index contributed by atoms with van der Waals surface area (Å²) in [5.41, 5.74) is 9.14. The molecule has 0 saturated carbocycles. The van der Waals surface area contributed by atoms with Crippen LogP contribution in [0.5, 0.6) is 0 Å². The summed E-state index contributed by atoms with van der Waals surface area (Å²) in [6, 6.07) is 17.1. The van der Waals surface area contributed by atoms with Crippen LogP contribution in [0.25, 0.3) is 6.08 Å². The summed E-state index contributed by atoms with van der Waals surface area (Å²) in [7, 11) is 1.39. The van der Waals surface area contributed by atoms with Crippen LogP contribution >= 0.6 is 0 Å². The number of hydrogen-bond acceptors (Lipinski definition) is 4. The molecular formula is C20H22N2O2. The number of ether oxygens (including phenoxy) is 1. The lowest BCUT2D eigenvalue weighted by molar-refractivity contribution is -0.141. The largest absolute Gasteiger partial charge is 0.469 e. The fourth-order valence-electron chi connectivity index (χ4n) is 2.26. The number of esters is 1. The van der Waals surface area contributed by atoms with Crippen LogP contribution in [0.2, 0.25) is 0 Å². The van der Waals surface area contributed by atoms with E-state index in [4.69, 9.17) is 10.5 Å². The Morgan fingerprint density at radius 2 is 1.88 bits per heavy atom. The van der Waals surface area contributed by atoms with Crippen molar-refractivity contribution in [3.8, 4) is 0 Å². The van der Waals surface area contributed by atoms with E-state index in [1.54, 1.807) is 0 Å². The molecule has 1 atom stereocenters. The van der Waals surface area contributed by atoms with Gasteiger partial charge in [0.15, 0.2) is 0 Å². The first-order chi connectivity index (χ1) is 11.6. The van der Waals surface area contributed by atoms with Crippen molar-refractivity contribution in [3.63, 3.8) is 0 Å². The maximum atomic E-state index is 11.7. The maximum absolute atomic E-state index is 11.7. The molecule has 2 rings (SSSR count). The van der Waals surface area contributed by atoms with Crippen LogP contribution in [0.4, 0.5) is 5.69 Å². The SMILES string of the molecule is C=C(/C=C/c1ccc(N)cc1)N[C@@H](CC(=O)OC)c1ccccc1. The fraction of sp³-hybridized carbons (Fsp3) is 0.150. The van der Waals surface area contributed by atoms with Gasteiger partial charge < -0.3 is 15.8 Å². The van der Waals surface area contributed by atoms with Crippen molar-refractivity contribution in [1.82, 2.24) is 5.32 Å². The van der Waals surface area contributed by atoms with Crippen molar-refractivity contribution >= 4 is 17.7 Å². The van der Waals surface area contributed by atoms with Crippen molar-refractivity contribution in [3.05, 3.63) is 84.1 Å². The number of hydrogen-bond donors (Lipinski definition) is 2. The third kappa shape index (κ3) is 5.32. The second-order valence-corrected chi connectivity index (χ2v) is 5.41. The number of methoxy groups -OCH3 is 1. The predicted molar refractivity (Wildman–Crippen MR) is 98.0 cm³/mol. The van der Waals surface area contributed by atoms with E-state index in [1.807, 2.05) is 66.7 Å². The molecule has 4 nitrogen and oxygen atoms in total. The zero-order valence-corrected chi connectivity index (χ0v) is 13.7. The smallest absolute Gasteiger partial charge is 0.307 e. The van der Waals surface area contributed by atoms with Crippen LogP contribution in [-0.4, -0.2) is 13.1 Å². The number of rotatable bonds is 7. The van der Waals surface area contributed by atoms with Crippen LogP contribution in [0.1, 0.15) is 23.6 Å². The molecule has 0 aliphatic carbocycles. The average molecular weight is 322 g/mol. The summed E-state index contributed by atoms with van der Waals surface area (Å²) in [5.74, 6) is -0.272. The van der Waals surface area contributed by atoms with Crippen molar-refractivity contribution < 1.29 is 9.53 Å².